The first-order chi connectivity index (χ1) is 7.84. The van der Waals surface area contributed by atoms with E-state index in [2.05, 4.69) is 44.4 Å². The summed E-state index contributed by atoms with van der Waals surface area (Å²) in [4.78, 5) is 4.21. The van der Waals surface area contributed by atoms with Crippen LogP contribution in [0.4, 0.5) is 5.82 Å². The van der Waals surface area contributed by atoms with Gasteiger partial charge < -0.3 is 5.32 Å². The first-order valence-corrected chi connectivity index (χ1v) is 6.03. The van der Waals surface area contributed by atoms with Crippen molar-refractivity contribution in [1.29, 1.82) is 0 Å². The summed E-state index contributed by atoms with van der Waals surface area (Å²) in [5.41, 5.74) is 1.32. The maximum Gasteiger partial charge on any atom is 0.125 e. The Morgan fingerprint density at radius 1 is 1.12 bits per heavy atom. The zero-order chi connectivity index (χ0) is 11.2. The lowest BCUT2D eigenvalue weighted by atomic mass is 10.1. The first-order valence-electron chi connectivity index (χ1n) is 5.24. The number of hydrogen-bond acceptors (Lipinski definition) is 2. The molecular weight excluding hydrogens is 264 g/mol. The van der Waals surface area contributed by atoms with Crippen molar-refractivity contribution in [3.63, 3.8) is 0 Å². The van der Waals surface area contributed by atoms with Gasteiger partial charge in [-0.2, -0.15) is 0 Å². The van der Waals surface area contributed by atoms with E-state index in [4.69, 9.17) is 0 Å². The molecule has 2 rings (SSSR count). The number of hydrogen-bond donors (Lipinski definition) is 1. The lowest BCUT2D eigenvalue weighted by molar-refractivity contribution is 1.01. The monoisotopic (exact) mass is 276 g/mol. The lowest BCUT2D eigenvalue weighted by Crippen LogP contribution is -2.05. The van der Waals surface area contributed by atoms with Gasteiger partial charge in [-0.05, 0) is 36.2 Å². The van der Waals surface area contributed by atoms with Gasteiger partial charge in [-0.15, -0.1) is 0 Å². The third-order valence-electron chi connectivity index (χ3n) is 2.27. The second-order valence-corrected chi connectivity index (χ2v) is 4.44. The summed E-state index contributed by atoms with van der Waals surface area (Å²) in [5.74, 6) is 0.928. The van der Waals surface area contributed by atoms with Gasteiger partial charge in [0.05, 0.1) is 0 Å². The third-order valence-corrected chi connectivity index (χ3v) is 2.77. The molecule has 0 atom stereocenters. The average Bonchev–Trinajstić information content (AvgIpc) is 2.30. The molecule has 0 aliphatic heterocycles. The van der Waals surface area contributed by atoms with Gasteiger partial charge in [-0.1, -0.05) is 34.1 Å². The summed E-state index contributed by atoms with van der Waals surface area (Å²) in [5, 5.41) is 3.29. The quantitative estimate of drug-likeness (QED) is 0.925. The number of benzene rings is 1. The molecule has 2 nitrogen and oxygen atoms in total. The minimum absolute atomic E-state index is 0.896. The van der Waals surface area contributed by atoms with Crippen molar-refractivity contribution < 1.29 is 0 Å². The molecule has 1 heterocycles. The van der Waals surface area contributed by atoms with E-state index in [1.54, 1.807) is 6.20 Å². The fourth-order valence-electron chi connectivity index (χ4n) is 1.49. The molecule has 1 aromatic heterocycles. The van der Waals surface area contributed by atoms with Crippen molar-refractivity contribution in [2.45, 2.75) is 6.42 Å². The summed E-state index contributed by atoms with van der Waals surface area (Å²) in [6, 6.07) is 14.2. The molecular formula is C13H13BrN2. The van der Waals surface area contributed by atoms with Crippen molar-refractivity contribution in [2.24, 2.45) is 0 Å². The largest absolute Gasteiger partial charge is 0.370 e. The fraction of sp³-hybridized carbons (Fsp3) is 0.154. The smallest absolute Gasteiger partial charge is 0.125 e. The number of nitrogens with one attached hydrogen (secondary N) is 1. The highest BCUT2D eigenvalue weighted by Gasteiger charge is 1.95. The van der Waals surface area contributed by atoms with Gasteiger partial charge >= 0.3 is 0 Å². The van der Waals surface area contributed by atoms with Crippen molar-refractivity contribution >= 4 is 21.7 Å². The van der Waals surface area contributed by atoms with Gasteiger partial charge in [0.2, 0.25) is 0 Å². The summed E-state index contributed by atoms with van der Waals surface area (Å²) >= 11 is 3.47. The van der Waals surface area contributed by atoms with E-state index in [0.29, 0.717) is 0 Å². The van der Waals surface area contributed by atoms with Crippen LogP contribution in [0.5, 0.6) is 0 Å². The van der Waals surface area contributed by atoms with Crippen LogP contribution in [0.25, 0.3) is 0 Å². The molecule has 0 radical (unpaired) electrons. The van der Waals surface area contributed by atoms with E-state index in [0.717, 1.165) is 23.3 Å². The third kappa shape index (κ3) is 3.35. The van der Waals surface area contributed by atoms with Gasteiger partial charge in [0.15, 0.2) is 0 Å². The predicted octanol–water partition coefficient (Wildman–Crippen LogP) is 3.50. The number of halogens is 1. The topological polar surface area (TPSA) is 24.9 Å². The molecule has 0 saturated carbocycles. The van der Waals surface area contributed by atoms with Crippen molar-refractivity contribution in [3.8, 4) is 0 Å². The zero-order valence-corrected chi connectivity index (χ0v) is 10.4. The molecule has 82 valence electrons. The Balaban J connectivity index is 1.85. The van der Waals surface area contributed by atoms with Crippen molar-refractivity contribution in [1.82, 2.24) is 4.98 Å². The highest BCUT2D eigenvalue weighted by molar-refractivity contribution is 9.10. The van der Waals surface area contributed by atoms with E-state index >= 15 is 0 Å². The maximum atomic E-state index is 4.21. The molecule has 0 unspecified atom stereocenters. The standard InChI is InChI=1S/C13H13BrN2/c14-12-5-3-4-11(10-12)7-9-16-13-6-1-2-8-15-13/h1-6,8,10H,7,9H2,(H,15,16). The number of nitrogens with zero attached hydrogens (tertiary/aromatic N) is 1. The molecule has 0 bridgehead atoms. The normalized spacial score (nSPS) is 10.1. The molecule has 1 N–H and O–H groups in total. The van der Waals surface area contributed by atoms with E-state index in [1.807, 2.05) is 24.3 Å². The molecule has 0 amide bonds. The van der Waals surface area contributed by atoms with Crippen LogP contribution in [-0.2, 0) is 6.42 Å². The van der Waals surface area contributed by atoms with E-state index in [-0.39, 0.29) is 0 Å². The van der Waals surface area contributed by atoms with Gasteiger partial charge in [0.1, 0.15) is 5.82 Å². The number of anilines is 1. The molecule has 1 aromatic carbocycles. The van der Waals surface area contributed by atoms with Gasteiger partial charge in [-0.25, -0.2) is 4.98 Å². The van der Waals surface area contributed by atoms with E-state index in [9.17, 15) is 0 Å². The summed E-state index contributed by atoms with van der Waals surface area (Å²) in [7, 11) is 0. The molecule has 16 heavy (non-hydrogen) atoms. The highest BCUT2D eigenvalue weighted by Crippen LogP contribution is 2.12. The summed E-state index contributed by atoms with van der Waals surface area (Å²) in [6.07, 6.45) is 2.79. The first kappa shape index (κ1) is 11.1. The van der Waals surface area contributed by atoms with E-state index in [1.165, 1.54) is 5.56 Å². The maximum absolute atomic E-state index is 4.21. The Morgan fingerprint density at radius 3 is 2.81 bits per heavy atom. The Kier molecular flexibility index (Phi) is 3.94. The van der Waals surface area contributed by atoms with Crippen LogP contribution < -0.4 is 5.32 Å². The molecule has 0 fully saturated rings. The number of pyridine rings is 1. The van der Waals surface area contributed by atoms with Crippen LogP contribution in [0.3, 0.4) is 0 Å². The van der Waals surface area contributed by atoms with Crippen LogP contribution in [0.1, 0.15) is 5.56 Å². The molecule has 0 saturated heterocycles. The van der Waals surface area contributed by atoms with E-state index < -0.39 is 0 Å². The minimum atomic E-state index is 0.896. The van der Waals surface area contributed by atoms with Crippen molar-refractivity contribution in [3.05, 3.63) is 58.7 Å². The zero-order valence-electron chi connectivity index (χ0n) is 8.86. The van der Waals surface area contributed by atoms with Gasteiger partial charge in [0.25, 0.3) is 0 Å². The Labute approximate surface area is 104 Å². The Morgan fingerprint density at radius 2 is 2.06 bits per heavy atom. The highest BCUT2D eigenvalue weighted by atomic mass is 79.9. The minimum Gasteiger partial charge on any atom is -0.370 e. The van der Waals surface area contributed by atoms with Crippen LogP contribution in [0.15, 0.2) is 53.1 Å². The Bertz CT molecular complexity index is 443. The summed E-state index contributed by atoms with van der Waals surface area (Å²) < 4.78 is 1.13. The average molecular weight is 277 g/mol. The van der Waals surface area contributed by atoms with Crippen LogP contribution in [0, 0.1) is 0 Å². The van der Waals surface area contributed by atoms with Crippen LogP contribution in [-0.4, -0.2) is 11.5 Å². The second-order valence-electron chi connectivity index (χ2n) is 3.52. The molecule has 0 aliphatic carbocycles. The van der Waals surface area contributed by atoms with Gasteiger partial charge in [-0.3, -0.25) is 0 Å². The predicted molar refractivity (Wildman–Crippen MR) is 70.6 cm³/mol. The molecule has 0 spiro atoms. The molecule has 2 aromatic rings. The summed E-state index contributed by atoms with van der Waals surface area (Å²) in [6.45, 7) is 0.896. The lowest BCUT2D eigenvalue weighted by Gasteiger charge is -2.05. The molecule has 0 aliphatic rings. The van der Waals surface area contributed by atoms with Crippen molar-refractivity contribution in [2.75, 3.05) is 11.9 Å². The fourth-order valence-corrected chi connectivity index (χ4v) is 1.94. The molecule has 3 heteroatoms. The number of aromatic nitrogens is 1. The van der Waals surface area contributed by atoms with Crippen LogP contribution >= 0.6 is 15.9 Å². The SMILES string of the molecule is Brc1cccc(CCNc2ccccn2)c1. The number of rotatable bonds is 4. The van der Waals surface area contributed by atoms with Crippen LogP contribution in [0.2, 0.25) is 0 Å². The second kappa shape index (κ2) is 5.66. The van der Waals surface area contributed by atoms with Gasteiger partial charge in [0, 0.05) is 17.2 Å². The Hall–Kier alpha value is -1.35.